The number of aromatic nitrogens is 2. The van der Waals surface area contributed by atoms with E-state index >= 15 is 0 Å². The van der Waals surface area contributed by atoms with Crippen LogP contribution in [0, 0.1) is 0 Å². The van der Waals surface area contributed by atoms with Gasteiger partial charge in [-0.1, -0.05) is 79.2 Å². The highest BCUT2D eigenvalue weighted by atomic mass is 35.5. The summed E-state index contributed by atoms with van der Waals surface area (Å²) in [7, 11) is -3.75. The second-order valence-corrected chi connectivity index (χ2v) is 11.4. The van der Waals surface area contributed by atoms with Crippen LogP contribution in [0.25, 0.3) is 10.9 Å². The predicted octanol–water partition coefficient (Wildman–Crippen LogP) is 5.66. The van der Waals surface area contributed by atoms with E-state index < -0.39 is 10.0 Å². The van der Waals surface area contributed by atoms with Gasteiger partial charge >= 0.3 is 0 Å². The first kappa shape index (κ1) is 25.4. The van der Waals surface area contributed by atoms with Crippen molar-refractivity contribution in [2.45, 2.75) is 41.6 Å². The molecule has 0 aliphatic carbocycles. The van der Waals surface area contributed by atoms with Gasteiger partial charge in [-0.25, -0.2) is 18.1 Å². The van der Waals surface area contributed by atoms with Gasteiger partial charge in [-0.15, -0.1) is 0 Å². The maximum absolute atomic E-state index is 13.3. The summed E-state index contributed by atoms with van der Waals surface area (Å²) in [5.41, 5.74) is 1.47. The molecule has 1 atom stereocenters. The minimum absolute atomic E-state index is 0.0832. The van der Waals surface area contributed by atoms with Crippen molar-refractivity contribution in [3.8, 4) is 0 Å². The van der Waals surface area contributed by atoms with E-state index in [4.69, 9.17) is 16.6 Å². The molecule has 35 heavy (non-hydrogen) atoms. The van der Waals surface area contributed by atoms with E-state index in [1.54, 1.807) is 22.8 Å². The Morgan fingerprint density at radius 1 is 1.00 bits per heavy atom. The number of thioether (sulfide) groups is 1. The normalized spacial score (nSPS) is 12.6. The average Bonchev–Trinajstić information content (AvgIpc) is 2.87. The second-order valence-electron chi connectivity index (χ2n) is 8.04. The lowest BCUT2D eigenvalue weighted by Crippen LogP contribution is -2.29. The summed E-state index contributed by atoms with van der Waals surface area (Å²) in [4.78, 5) is 18.2. The van der Waals surface area contributed by atoms with Crippen LogP contribution in [0.15, 0.2) is 93.7 Å². The number of sulfonamides is 1. The van der Waals surface area contributed by atoms with E-state index in [-0.39, 0.29) is 22.2 Å². The number of halogens is 1. The first-order valence-corrected chi connectivity index (χ1v) is 14.1. The van der Waals surface area contributed by atoms with Gasteiger partial charge in [0.15, 0.2) is 5.16 Å². The molecule has 0 unspecified atom stereocenters. The number of nitrogens with one attached hydrogen (secondary N) is 1. The number of hydrogen-bond acceptors (Lipinski definition) is 5. The third-order valence-corrected chi connectivity index (χ3v) is 8.50. The van der Waals surface area contributed by atoms with Crippen LogP contribution in [0.5, 0.6) is 0 Å². The molecule has 0 aliphatic heterocycles. The summed E-state index contributed by atoms with van der Waals surface area (Å²) in [6, 6.07) is 23.0. The summed E-state index contributed by atoms with van der Waals surface area (Å²) >= 11 is 7.30. The predicted molar refractivity (Wildman–Crippen MR) is 143 cm³/mol. The highest BCUT2D eigenvalue weighted by molar-refractivity contribution is 7.99. The molecule has 0 fully saturated rings. The van der Waals surface area contributed by atoms with E-state index in [1.807, 2.05) is 48.5 Å². The maximum atomic E-state index is 13.3. The van der Waals surface area contributed by atoms with Crippen LogP contribution in [-0.4, -0.2) is 24.5 Å². The zero-order chi connectivity index (χ0) is 24.8. The first-order valence-electron chi connectivity index (χ1n) is 11.4. The number of rotatable bonds is 10. The monoisotopic (exact) mass is 527 g/mol. The van der Waals surface area contributed by atoms with Crippen LogP contribution in [0.3, 0.4) is 0 Å². The number of unbranched alkanes of at least 4 members (excludes halogenated alkanes) is 1. The Morgan fingerprint density at radius 3 is 2.40 bits per heavy atom. The quantitative estimate of drug-likeness (QED) is 0.212. The molecule has 182 valence electrons. The van der Waals surface area contributed by atoms with Gasteiger partial charge in [0.2, 0.25) is 10.0 Å². The first-order chi connectivity index (χ1) is 16.9. The number of fused-ring (bicyclic) bond motifs is 1. The third kappa shape index (κ3) is 6.13. The van der Waals surface area contributed by atoms with Crippen molar-refractivity contribution in [1.29, 1.82) is 0 Å². The molecule has 3 aromatic carbocycles. The molecule has 0 bridgehead atoms. The van der Waals surface area contributed by atoms with Crippen LogP contribution < -0.4 is 10.3 Å². The fourth-order valence-corrected chi connectivity index (χ4v) is 6.10. The molecular formula is C26H26ClN3O3S2. The van der Waals surface area contributed by atoms with E-state index in [9.17, 15) is 13.2 Å². The smallest absolute Gasteiger partial charge is 0.262 e. The molecule has 0 saturated carbocycles. The van der Waals surface area contributed by atoms with Crippen molar-refractivity contribution in [1.82, 2.24) is 14.3 Å². The van der Waals surface area contributed by atoms with E-state index in [2.05, 4.69) is 11.6 Å². The van der Waals surface area contributed by atoms with Crippen molar-refractivity contribution < 1.29 is 8.42 Å². The van der Waals surface area contributed by atoms with E-state index in [0.29, 0.717) is 27.6 Å². The molecule has 1 aromatic heterocycles. The van der Waals surface area contributed by atoms with Crippen molar-refractivity contribution in [2.75, 3.05) is 6.54 Å². The third-order valence-electron chi connectivity index (χ3n) is 5.56. The van der Waals surface area contributed by atoms with E-state index in [0.717, 1.165) is 18.4 Å². The highest BCUT2D eigenvalue weighted by Crippen LogP contribution is 2.34. The summed E-state index contributed by atoms with van der Waals surface area (Å²) in [6.45, 7) is 2.74. The summed E-state index contributed by atoms with van der Waals surface area (Å²) in [5.74, 6) is 0. The van der Waals surface area contributed by atoms with Gasteiger partial charge in [-0.05, 0) is 48.4 Å². The minimum atomic E-state index is -3.75. The molecule has 1 N–H and O–H groups in total. The van der Waals surface area contributed by atoms with Crippen molar-refractivity contribution in [3.63, 3.8) is 0 Å². The zero-order valence-corrected chi connectivity index (χ0v) is 21.6. The Balaban J connectivity index is 1.69. The van der Waals surface area contributed by atoms with Gasteiger partial charge in [0.1, 0.15) is 0 Å². The largest absolute Gasteiger partial charge is 0.287 e. The molecule has 0 saturated heterocycles. The SMILES string of the molecule is CCCCn1c(S[C@H](CNS(=O)(=O)c2ccc(Cl)cc2)c2ccccc2)nc2ccccc2c1=O. The molecule has 0 aliphatic rings. The fourth-order valence-electron chi connectivity index (χ4n) is 3.66. The molecule has 6 nitrogen and oxygen atoms in total. The Kier molecular flexibility index (Phi) is 8.28. The molecule has 1 heterocycles. The van der Waals surface area contributed by atoms with Crippen molar-refractivity contribution >= 4 is 44.3 Å². The van der Waals surface area contributed by atoms with Gasteiger partial charge in [0.05, 0.1) is 21.0 Å². The van der Waals surface area contributed by atoms with Gasteiger partial charge in [-0.2, -0.15) is 0 Å². The molecule has 4 aromatic rings. The summed E-state index contributed by atoms with van der Waals surface area (Å²) in [6.07, 6.45) is 1.78. The topological polar surface area (TPSA) is 81.1 Å². The molecule has 9 heteroatoms. The lowest BCUT2D eigenvalue weighted by molar-refractivity contribution is 0.556. The van der Waals surface area contributed by atoms with Crippen LogP contribution in [0.4, 0.5) is 0 Å². The zero-order valence-electron chi connectivity index (χ0n) is 19.2. The Labute approximate surface area is 214 Å². The van der Waals surface area contributed by atoms with Crippen molar-refractivity contribution in [2.24, 2.45) is 0 Å². The van der Waals surface area contributed by atoms with Gasteiger partial charge < -0.3 is 0 Å². The van der Waals surface area contributed by atoms with Crippen LogP contribution in [-0.2, 0) is 16.6 Å². The molecule has 4 rings (SSSR count). The highest BCUT2D eigenvalue weighted by Gasteiger charge is 2.22. The molecule has 0 radical (unpaired) electrons. The summed E-state index contributed by atoms with van der Waals surface area (Å²) in [5, 5.41) is 1.31. The Bertz CT molecular complexity index is 1460. The van der Waals surface area contributed by atoms with Crippen LogP contribution in [0.1, 0.15) is 30.6 Å². The standard InChI is InChI=1S/C26H26ClN3O3S2/c1-2-3-17-30-25(31)22-11-7-8-12-23(22)29-26(30)34-24(19-9-5-4-6-10-19)18-28-35(32,33)21-15-13-20(27)14-16-21/h4-16,24,28H,2-3,17-18H2,1H3/t24-/m1/s1. The second kappa shape index (κ2) is 11.4. The lowest BCUT2D eigenvalue weighted by Gasteiger charge is -2.20. The molecular weight excluding hydrogens is 502 g/mol. The lowest BCUT2D eigenvalue weighted by atomic mass is 10.1. The van der Waals surface area contributed by atoms with Crippen LogP contribution in [0.2, 0.25) is 5.02 Å². The number of benzene rings is 3. The summed E-state index contributed by atoms with van der Waals surface area (Å²) < 4.78 is 30.3. The maximum Gasteiger partial charge on any atom is 0.262 e. The number of nitrogens with zero attached hydrogens (tertiary/aromatic N) is 2. The van der Waals surface area contributed by atoms with Gasteiger partial charge in [0.25, 0.3) is 5.56 Å². The van der Waals surface area contributed by atoms with E-state index in [1.165, 1.54) is 23.9 Å². The Hall–Kier alpha value is -2.65. The van der Waals surface area contributed by atoms with Gasteiger partial charge in [0, 0.05) is 18.1 Å². The molecule has 0 spiro atoms. The Morgan fingerprint density at radius 2 is 1.69 bits per heavy atom. The fraction of sp³-hybridized carbons (Fsp3) is 0.231. The molecule has 0 amide bonds. The number of para-hydroxylation sites is 1. The average molecular weight is 528 g/mol. The minimum Gasteiger partial charge on any atom is -0.287 e. The number of hydrogen-bond donors (Lipinski definition) is 1. The van der Waals surface area contributed by atoms with Gasteiger partial charge in [-0.3, -0.25) is 9.36 Å². The van der Waals surface area contributed by atoms with Crippen LogP contribution >= 0.6 is 23.4 Å². The van der Waals surface area contributed by atoms with Crippen molar-refractivity contribution in [3.05, 3.63) is 99.8 Å².